The van der Waals surface area contributed by atoms with Crippen molar-refractivity contribution >= 4 is 17.4 Å². The lowest BCUT2D eigenvalue weighted by Crippen LogP contribution is -2.45. The molecule has 2 fully saturated rings. The van der Waals surface area contributed by atoms with Crippen LogP contribution in [-0.4, -0.2) is 65.9 Å². The van der Waals surface area contributed by atoms with Crippen molar-refractivity contribution in [1.82, 2.24) is 9.80 Å². The van der Waals surface area contributed by atoms with Crippen molar-refractivity contribution < 1.29 is 18.3 Å². The fraction of sp³-hybridized carbons (Fsp3) is 0.480. The van der Waals surface area contributed by atoms with Gasteiger partial charge in [-0.1, -0.05) is 4.91 Å². The summed E-state index contributed by atoms with van der Waals surface area (Å²) >= 11 is 0. The third kappa shape index (κ3) is 4.36. The highest BCUT2D eigenvalue weighted by molar-refractivity contribution is 5.73. The lowest BCUT2D eigenvalue weighted by Gasteiger charge is -2.39. The Balaban J connectivity index is 1.23. The van der Waals surface area contributed by atoms with E-state index in [9.17, 15) is 18.5 Å². The van der Waals surface area contributed by atoms with E-state index in [0.29, 0.717) is 24.4 Å². The van der Waals surface area contributed by atoms with Gasteiger partial charge in [0.2, 0.25) is 0 Å². The zero-order chi connectivity index (χ0) is 22.9. The first-order chi connectivity index (χ1) is 16.0. The summed E-state index contributed by atoms with van der Waals surface area (Å²) in [6.45, 7) is 4.26. The molecule has 2 amide bonds. The van der Waals surface area contributed by atoms with Crippen LogP contribution in [0, 0.1) is 16.5 Å². The van der Waals surface area contributed by atoms with Crippen molar-refractivity contribution in [3.05, 3.63) is 64.6 Å². The molecule has 3 heterocycles. The van der Waals surface area contributed by atoms with Gasteiger partial charge in [-0.3, -0.25) is 0 Å². The second-order valence-electron chi connectivity index (χ2n) is 9.25. The number of urea groups is 1. The summed E-state index contributed by atoms with van der Waals surface area (Å²) in [6, 6.07) is 11.3. The molecule has 0 bridgehead atoms. The lowest BCUT2D eigenvalue weighted by atomic mass is 9.89. The quantitative estimate of drug-likeness (QED) is 0.470. The molecule has 6 nitrogen and oxygen atoms in total. The van der Waals surface area contributed by atoms with Gasteiger partial charge >= 0.3 is 6.03 Å². The Morgan fingerprint density at radius 2 is 1.73 bits per heavy atom. The summed E-state index contributed by atoms with van der Waals surface area (Å²) < 4.78 is 28.2. The maximum Gasteiger partial charge on any atom is 0.531 e. The number of carbonyl (C=O) groups excluding carboxylic acids is 1. The molecule has 2 saturated heterocycles. The number of carbonyl (C=O) groups is 1. The number of nitroso groups, excluding NO2 is 1. The first-order valence-corrected chi connectivity index (χ1v) is 11.8. The van der Waals surface area contributed by atoms with Crippen molar-refractivity contribution in [3.63, 3.8) is 0 Å². The molecule has 0 spiro atoms. The number of fused-ring (bicyclic) bond motifs is 3. The van der Waals surface area contributed by atoms with Gasteiger partial charge in [-0.25, -0.2) is 13.7 Å². The van der Waals surface area contributed by atoms with Gasteiger partial charge in [0.1, 0.15) is 18.2 Å². The normalized spacial score (nSPS) is 23.1. The molecule has 0 saturated carbocycles. The van der Waals surface area contributed by atoms with E-state index >= 15 is 0 Å². The van der Waals surface area contributed by atoms with E-state index < -0.39 is 6.03 Å². The third-order valence-electron chi connectivity index (χ3n) is 7.17. The monoisotopic (exact) mass is 455 g/mol. The van der Waals surface area contributed by atoms with Crippen LogP contribution < -0.4 is 4.90 Å². The Labute approximate surface area is 192 Å². The predicted molar refractivity (Wildman–Crippen MR) is 122 cm³/mol. The number of rotatable bonds is 6. The largest absolute Gasteiger partial charge is 0.531 e. The molecule has 2 aromatic carbocycles. The molecule has 2 atom stereocenters. The molecule has 0 aromatic heterocycles. The van der Waals surface area contributed by atoms with Gasteiger partial charge in [-0.05, 0) is 73.8 Å². The average Bonchev–Trinajstić information content (AvgIpc) is 3.13. The Bertz CT molecular complexity index is 1050. The van der Waals surface area contributed by atoms with Crippen LogP contribution in [0.2, 0.25) is 0 Å². The topological polar surface area (TPSA) is 46.9 Å². The number of unbranched alkanes of at least 4 members (excludes halogenated alkanes) is 1. The van der Waals surface area contributed by atoms with Crippen LogP contribution in [0.4, 0.5) is 25.0 Å². The number of halogens is 2. The number of hydrogen-bond donors (Lipinski definition) is 0. The first kappa shape index (κ1) is 21.9. The summed E-state index contributed by atoms with van der Waals surface area (Å²) in [7, 11) is 0. The van der Waals surface area contributed by atoms with Crippen LogP contribution in [0.5, 0.6) is 0 Å². The zero-order valence-electron chi connectivity index (χ0n) is 18.6. The zero-order valence-corrected chi connectivity index (χ0v) is 18.6. The third-order valence-corrected chi connectivity index (χ3v) is 7.17. The van der Waals surface area contributed by atoms with Crippen LogP contribution in [-0.2, 0) is 0 Å². The number of amides is 2. The van der Waals surface area contributed by atoms with Crippen molar-refractivity contribution in [2.45, 2.75) is 37.6 Å². The van der Waals surface area contributed by atoms with E-state index in [1.165, 1.54) is 18.2 Å². The van der Waals surface area contributed by atoms with Crippen LogP contribution in [0.1, 0.15) is 37.2 Å². The highest BCUT2D eigenvalue weighted by Gasteiger charge is 2.42. The van der Waals surface area contributed by atoms with E-state index in [1.807, 2.05) is 6.07 Å². The molecule has 0 N–H and O–H groups in total. The fourth-order valence-electron chi connectivity index (χ4n) is 5.58. The number of anilines is 2. The van der Waals surface area contributed by atoms with E-state index in [4.69, 9.17) is 0 Å². The minimum Gasteiger partial charge on any atom is -0.337 e. The maximum absolute atomic E-state index is 14.1. The van der Waals surface area contributed by atoms with Gasteiger partial charge in [0, 0.05) is 47.6 Å². The molecular weight excluding hydrogens is 426 g/mol. The molecular formula is C25H29F2N4O2+. The van der Waals surface area contributed by atoms with Gasteiger partial charge in [0.15, 0.2) is 0 Å². The number of likely N-dealkylation sites (tertiary alicyclic amines) is 1. The number of nitrogens with zero attached hydrogens (tertiary/aromatic N) is 4. The van der Waals surface area contributed by atoms with Crippen molar-refractivity contribution in [1.29, 1.82) is 0 Å². The van der Waals surface area contributed by atoms with Crippen LogP contribution >= 0.6 is 0 Å². The van der Waals surface area contributed by atoms with Crippen molar-refractivity contribution in [3.8, 4) is 0 Å². The van der Waals surface area contributed by atoms with Gasteiger partial charge < -0.3 is 9.80 Å². The van der Waals surface area contributed by atoms with E-state index in [-0.39, 0.29) is 23.6 Å². The Morgan fingerprint density at radius 1 is 0.970 bits per heavy atom. The smallest absolute Gasteiger partial charge is 0.337 e. The van der Waals surface area contributed by atoms with Crippen LogP contribution in [0.15, 0.2) is 42.5 Å². The summed E-state index contributed by atoms with van der Waals surface area (Å²) in [6.07, 6.45) is 3.47. The molecule has 3 aliphatic heterocycles. The SMILES string of the molecule is O=C1N(CCCCN2CC[C@@H]3[C@@H](C2)c2cc(F)ccc2N3c2ccc(F)cc2)CCC[N+]1=O. The highest BCUT2D eigenvalue weighted by Crippen LogP contribution is 2.48. The Morgan fingerprint density at radius 3 is 2.55 bits per heavy atom. The maximum atomic E-state index is 14.1. The summed E-state index contributed by atoms with van der Waals surface area (Å²) in [5, 5.41) is 0. The highest BCUT2D eigenvalue weighted by atomic mass is 19.1. The van der Waals surface area contributed by atoms with Gasteiger partial charge in [0.05, 0.1) is 13.1 Å². The number of piperidine rings is 1. The Kier molecular flexibility index (Phi) is 6.10. The molecule has 3 aliphatic rings. The van der Waals surface area contributed by atoms with Gasteiger partial charge in [-0.15, -0.1) is 0 Å². The molecule has 174 valence electrons. The molecule has 5 rings (SSSR count). The fourth-order valence-corrected chi connectivity index (χ4v) is 5.58. The van der Waals surface area contributed by atoms with Crippen LogP contribution in [0.3, 0.4) is 0 Å². The molecule has 2 aromatic rings. The standard InChI is InChI=1S/C25H29F2N4O2/c26-18-4-7-20(8-5-18)31-23-9-6-19(27)16-21(23)22-17-28(15-10-24(22)31)11-1-2-12-29-13-3-14-30(33)25(29)32/h4-9,16,22,24H,1-3,10-15,17H2/q+1/t22-,24+/m0/s1. The second kappa shape index (κ2) is 9.17. The van der Waals surface area contributed by atoms with Gasteiger partial charge in [0.25, 0.3) is 0 Å². The number of hydrogen-bond acceptors (Lipinski definition) is 4. The van der Waals surface area contributed by atoms with Crippen molar-refractivity contribution in [2.24, 2.45) is 0 Å². The molecule has 33 heavy (non-hydrogen) atoms. The van der Waals surface area contributed by atoms with Crippen LogP contribution in [0.25, 0.3) is 0 Å². The summed E-state index contributed by atoms with van der Waals surface area (Å²) in [4.78, 5) is 29.8. The predicted octanol–water partition coefficient (Wildman–Crippen LogP) is 4.66. The van der Waals surface area contributed by atoms with E-state index in [1.54, 1.807) is 23.1 Å². The molecule has 8 heteroatoms. The Hall–Kier alpha value is -2.87. The van der Waals surface area contributed by atoms with Crippen molar-refractivity contribution in [2.75, 3.05) is 44.2 Å². The lowest BCUT2D eigenvalue weighted by molar-refractivity contribution is -0.468. The van der Waals surface area contributed by atoms with E-state index in [2.05, 4.69) is 9.80 Å². The summed E-state index contributed by atoms with van der Waals surface area (Å²) in [5.74, 6) is -0.311. The minimum atomic E-state index is -0.410. The first-order valence-electron chi connectivity index (χ1n) is 11.8. The number of benzene rings is 2. The molecule has 0 aliphatic carbocycles. The van der Waals surface area contributed by atoms with Gasteiger partial charge in [-0.2, -0.15) is 4.79 Å². The average molecular weight is 456 g/mol. The van der Waals surface area contributed by atoms with E-state index in [0.717, 1.165) is 62.3 Å². The molecule has 0 radical (unpaired) electrons. The summed E-state index contributed by atoms with van der Waals surface area (Å²) in [5.41, 5.74) is 2.96. The molecule has 0 unspecified atom stereocenters. The second-order valence-corrected chi connectivity index (χ2v) is 9.25. The minimum absolute atomic E-state index is 0.187.